The van der Waals surface area contributed by atoms with E-state index in [0.29, 0.717) is 5.56 Å². The second kappa shape index (κ2) is 8.39. The first-order valence-electron chi connectivity index (χ1n) is 8.75. The van der Waals surface area contributed by atoms with Gasteiger partial charge in [0.1, 0.15) is 23.1 Å². The third-order valence-corrected chi connectivity index (χ3v) is 4.76. The van der Waals surface area contributed by atoms with Gasteiger partial charge < -0.3 is 4.74 Å². The second-order valence-corrected chi connectivity index (χ2v) is 6.62. The molecule has 0 N–H and O–H groups in total. The number of benzene rings is 3. The number of rotatable bonds is 2. The van der Waals surface area contributed by atoms with Crippen LogP contribution in [0.15, 0.2) is 60.7 Å². The number of ether oxygens (including phenoxy) is 1. The molecule has 0 fully saturated rings. The standard InChI is InChI=1S/C24H14N2O2S/c1-28-22-14-8-18(9-15-22)7-11-21-13-12-20(23-24(21)26-29-25-23)10-6-17-2-4-19(16-27)5-3-17/h2-5,8-9,12-16H,1H3. The van der Waals surface area contributed by atoms with Crippen LogP contribution in [0, 0.1) is 23.7 Å². The van der Waals surface area contributed by atoms with E-state index in [-0.39, 0.29) is 0 Å². The lowest BCUT2D eigenvalue weighted by Crippen LogP contribution is -1.85. The molecule has 3 aromatic carbocycles. The minimum Gasteiger partial charge on any atom is -0.497 e. The molecule has 0 amide bonds. The zero-order valence-electron chi connectivity index (χ0n) is 15.5. The molecule has 0 spiro atoms. The summed E-state index contributed by atoms with van der Waals surface area (Å²) in [6.07, 6.45) is 0.813. The van der Waals surface area contributed by atoms with Crippen LogP contribution in [-0.4, -0.2) is 22.1 Å². The van der Waals surface area contributed by atoms with E-state index < -0.39 is 0 Å². The predicted molar refractivity (Wildman–Crippen MR) is 114 cm³/mol. The van der Waals surface area contributed by atoms with E-state index in [1.807, 2.05) is 48.5 Å². The van der Waals surface area contributed by atoms with Crippen LogP contribution in [0.2, 0.25) is 0 Å². The Balaban J connectivity index is 1.65. The first kappa shape index (κ1) is 18.4. The Morgan fingerprint density at radius 2 is 1.28 bits per heavy atom. The second-order valence-electron chi connectivity index (χ2n) is 6.09. The Kier molecular flexibility index (Phi) is 5.33. The third kappa shape index (κ3) is 4.16. The van der Waals surface area contributed by atoms with Crippen LogP contribution in [0.25, 0.3) is 11.0 Å². The van der Waals surface area contributed by atoms with Crippen LogP contribution in [0.4, 0.5) is 0 Å². The van der Waals surface area contributed by atoms with Crippen molar-refractivity contribution in [3.63, 3.8) is 0 Å². The van der Waals surface area contributed by atoms with Crippen LogP contribution in [0.3, 0.4) is 0 Å². The summed E-state index contributed by atoms with van der Waals surface area (Å²) in [4.78, 5) is 10.8. The van der Waals surface area contributed by atoms with Crippen molar-refractivity contribution in [3.8, 4) is 29.4 Å². The summed E-state index contributed by atoms with van der Waals surface area (Å²) in [5.74, 6) is 13.4. The van der Waals surface area contributed by atoms with Crippen molar-refractivity contribution in [2.45, 2.75) is 0 Å². The molecule has 0 atom stereocenters. The number of fused-ring (bicyclic) bond motifs is 1. The molecule has 4 rings (SSSR count). The van der Waals surface area contributed by atoms with Crippen LogP contribution in [0.1, 0.15) is 32.6 Å². The molecule has 0 aliphatic rings. The number of carbonyl (C=O) groups excluding carboxylic acids is 1. The fourth-order valence-electron chi connectivity index (χ4n) is 2.67. The Bertz CT molecular complexity index is 1300. The first-order chi connectivity index (χ1) is 14.3. The molecule has 4 nitrogen and oxygen atoms in total. The normalized spacial score (nSPS) is 9.83. The molecular weight excluding hydrogens is 380 g/mol. The molecule has 138 valence electrons. The van der Waals surface area contributed by atoms with Crippen molar-refractivity contribution in [2.24, 2.45) is 0 Å². The van der Waals surface area contributed by atoms with E-state index in [2.05, 4.69) is 32.4 Å². The van der Waals surface area contributed by atoms with Gasteiger partial charge in [-0.1, -0.05) is 35.8 Å². The lowest BCUT2D eigenvalue weighted by molar-refractivity contribution is 0.112. The number of hydrogen-bond donors (Lipinski definition) is 0. The largest absolute Gasteiger partial charge is 0.497 e. The highest BCUT2D eigenvalue weighted by Gasteiger charge is 2.07. The van der Waals surface area contributed by atoms with Crippen molar-refractivity contribution in [3.05, 3.63) is 88.5 Å². The van der Waals surface area contributed by atoms with Gasteiger partial charge in [-0.05, 0) is 48.5 Å². The van der Waals surface area contributed by atoms with E-state index in [1.54, 1.807) is 19.2 Å². The fourth-order valence-corrected chi connectivity index (χ4v) is 3.24. The van der Waals surface area contributed by atoms with Crippen molar-refractivity contribution in [2.75, 3.05) is 7.11 Å². The Morgan fingerprint density at radius 1 is 0.759 bits per heavy atom. The highest BCUT2D eigenvalue weighted by atomic mass is 32.1. The molecule has 29 heavy (non-hydrogen) atoms. The van der Waals surface area contributed by atoms with Crippen molar-refractivity contribution in [1.82, 2.24) is 8.75 Å². The molecule has 0 aliphatic carbocycles. The summed E-state index contributed by atoms with van der Waals surface area (Å²) in [6.45, 7) is 0. The molecule has 0 bridgehead atoms. The zero-order valence-corrected chi connectivity index (χ0v) is 16.3. The number of aromatic nitrogens is 2. The van der Waals surface area contributed by atoms with Gasteiger partial charge in [0.05, 0.1) is 30.0 Å². The summed E-state index contributed by atoms with van der Waals surface area (Å²) in [6, 6.07) is 18.5. The first-order valence-corrected chi connectivity index (χ1v) is 9.48. The highest BCUT2D eigenvalue weighted by molar-refractivity contribution is 7.00. The van der Waals surface area contributed by atoms with Gasteiger partial charge in [0.2, 0.25) is 0 Å². The maximum atomic E-state index is 10.8. The Hall–Kier alpha value is -3.93. The molecule has 0 unspecified atom stereocenters. The number of methoxy groups -OCH3 is 1. The summed E-state index contributed by atoms with van der Waals surface area (Å²) < 4.78 is 14.0. The monoisotopic (exact) mass is 394 g/mol. The fraction of sp³-hybridized carbons (Fsp3) is 0.0417. The highest BCUT2D eigenvalue weighted by Crippen LogP contribution is 2.20. The quantitative estimate of drug-likeness (QED) is 0.375. The van der Waals surface area contributed by atoms with Crippen molar-refractivity contribution in [1.29, 1.82) is 0 Å². The lowest BCUT2D eigenvalue weighted by Gasteiger charge is -1.98. The molecule has 0 aliphatic heterocycles. The van der Waals surface area contributed by atoms with Crippen LogP contribution >= 0.6 is 11.7 Å². The van der Waals surface area contributed by atoms with Gasteiger partial charge in [-0.3, -0.25) is 4.79 Å². The number of carbonyl (C=O) groups is 1. The summed E-state index contributed by atoms with van der Waals surface area (Å²) >= 11 is 1.14. The summed E-state index contributed by atoms with van der Waals surface area (Å²) in [5, 5.41) is 0. The Labute approximate surface area is 172 Å². The maximum absolute atomic E-state index is 10.8. The van der Waals surface area contributed by atoms with Crippen LogP contribution < -0.4 is 4.74 Å². The molecule has 1 heterocycles. The average Bonchev–Trinajstić information content (AvgIpc) is 3.28. The minimum absolute atomic E-state index is 0.626. The van der Waals surface area contributed by atoms with Gasteiger partial charge in [0.15, 0.2) is 0 Å². The zero-order chi connectivity index (χ0) is 20.1. The maximum Gasteiger partial charge on any atom is 0.150 e. The third-order valence-electron chi connectivity index (χ3n) is 4.24. The molecular formula is C24H14N2O2S. The van der Waals surface area contributed by atoms with Gasteiger partial charge in [0, 0.05) is 16.7 Å². The number of hydrogen-bond acceptors (Lipinski definition) is 5. The molecule has 0 saturated heterocycles. The van der Waals surface area contributed by atoms with Gasteiger partial charge >= 0.3 is 0 Å². The van der Waals surface area contributed by atoms with E-state index in [0.717, 1.165) is 57.1 Å². The molecule has 5 heteroatoms. The van der Waals surface area contributed by atoms with E-state index in [9.17, 15) is 4.79 Å². The molecule has 1 aromatic heterocycles. The van der Waals surface area contributed by atoms with E-state index >= 15 is 0 Å². The van der Waals surface area contributed by atoms with Gasteiger partial charge in [-0.15, -0.1) is 0 Å². The molecule has 4 aromatic rings. The van der Waals surface area contributed by atoms with Crippen molar-refractivity contribution < 1.29 is 9.53 Å². The number of aldehydes is 1. The van der Waals surface area contributed by atoms with E-state index in [1.165, 1.54) is 0 Å². The van der Waals surface area contributed by atoms with Gasteiger partial charge in [0.25, 0.3) is 0 Å². The topological polar surface area (TPSA) is 52.1 Å². The van der Waals surface area contributed by atoms with Gasteiger partial charge in [-0.25, -0.2) is 0 Å². The lowest BCUT2D eigenvalue weighted by atomic mass is 10.1. The molecule has 0 radical (unpaired) electrons. The number of nitrogens with zero attached hydrogens (tertiary/aromatic N) is 2. The van der Waals surface area contributed by atoms with Gasteiger partial charge in [-0.2, -0.15) is 8.75 Å². The van der Waals surface area contributed by atoms with Crippen molar-refractivity contribution >= 4 is 29.0 Å². The average molecular weight is 394 g/mol. The summed E-state index contributed by atoms with van der Waals surface area (Å²) in [7, 11) is 1.64. The van der Waals surface area contributed by atoms with Crippen LogP contribution in [0.5, 0.6) is 5.75 Å². The SMILES string of the molecule is COc1ccc(C#Cc2ccc(C#Cc3ccc(C=O)cc3)c3nsnc23)cc1. The smallest absolute Gasteiger partial charge is 0.150 e. The molecule has 0 saturated carbocycles. The minimum atomic E-state index is 0.626. The Morgan fingerprint density at radius 3 is 1.76 bits per heavy atom. The van der Waals surface area contributed by atoms with Crippen LogP contribution in [-0.2, 0) is 0 Å². The van der Waals surface area contributed by atoms with E-state index in [4.69, 9.17) is 4.74 Å². The predicted octanol–water partition coefficient (Wildman–Crippen LogP) is 4.31. The summed E-state index contributed by atoms with van der Waals surface area (Å²) in [5.41, 5.74) is 5.45.